The molecule has 0 bridgehead atoms. The second-order valence-corrected chi connectivity index (χ2v) is 8.04. The molecule has 0 saturated heterocycles. The Bertz CT molecular complexity index is 1020. The van der Waals surface area contributed by atoms with Gasteiger partial charge in [0.1, 0.15) is 0 Å². The number of nitrogens with one attached hydrogen (secondary N) is 2. The van der Waals surface area contributed by atoms with Gasteiger partial charge in [-0.1, -0.05) is 23.5 Å². The van der Waals surface area contributed by atoms with Gasteiger partial charge in [-0.2, -0.15) is 0 Å². The van der Waals surface area contributed by atoms with E-state index in [0.717, 1.165) is 21.8 Å². The van der Waals surface area contributed by atoms with E-state index in [2.05, 4.69) is 34.4 Å². The van der Waals surface area contributed by atoms with Gasteiger partial charge in [-0.3, -0.25) is 5.32 Å². The molecule has 30 heavy (non-hydrogen) atoms. The molecule has 2 aromatic heterocycles. The highest BCUT2D eigenvalue weighted by molar-refractivity contribution is 7.19. The summed E-state index contributed by atoms with van der Waals surface area (Å²) >= 11 is 1.38. The van der Waals surface area contributed by atoms with Crippen LogP contribution in [0.15, 0.2) is 36.8 Å². The first-order chi connectivity index (χ1) is 14.4. The van der Waals surface area contributed by atoms with Crippen molar-refractivity contribution in [2.75, 3.05) is 19.0 Å². The number of ether oxygens (including phenoxy) is 1. The number of nitrogens with zero attached hydrogens (tertiary/aromatic N) is 3. The maximum Gasteiger partial charge on any atom is 0.337 e. The Morgan fingerprint density at radius 3 is 2.60 bits per heavy atom. The Morgan fingerprint density at radius 1 is 1.23 bits per heavy atom. The number of rotatable bonds is 7. The molecule has 2 amide bonds. The lowest BCUT2D eigenvalue weighted by Crippen LogP contribution is -2.30. The molecule has 2 N–H and O–H groups in total. The van der Waals surface area contributed by atoms with Crippen molar-refractivity contribution in [3.05, 3.63) is 53.7 Å². The fourth-order valence-electron chi connectivity index (χ4n) is 2.83. The number of imidazole rings is 1. The van der Waals surface area contributed by atoms with Crippen molar-refractivity contribution in [1.82, 2.24) is 19.9 Å². The van der Waals surface area contributed by atoms with Gasteiger partial charge in [-0.15, -0.1) is 0 Å². The summed E-state index contributed by atoms with van der Waals surface area (Å²) in [5.41, 5.74) is 3.15. The average molecular weight is 428 g/mol. The number of carbonyl (C=O) groups excluding carboxylic acids is 2. The van der Waals surface area contributed by atoms with Crippen molar-refractivity contribution < 1.29 is 14.3 Å². The molecule has 0 unspecified atom stereocenters. The topological polar surface area (TPSA) is 98.1 Å². The van der Waals surface area contributed by atoms with E-state index < -0.39 is 0 Å². The average Bonchev–Trinajstić information content (AvgIpc) is 3.34. The lowest BCUT2D eigenvalue weighted by Gasteiger charge is -2.05. The molecule has 0 aliphatic carbocycles. The first-order valence-electron chi connectivity index (χ1n) is 9.60. The molecule has 158 valence electrons. The van der Waals surface area contributed by atoms with E-state index in [1.54, 1.807) is 18.5 Å². The zero-order chi connectivity index (χ0) is 21.7. The summed E-state index contributed by atoms with van der Waals surface area (Å²) in [7, 11) is 1.35. The number of aromatic nitrogens is 3. The smallest absolute Gasteiger partial charge is 0.337 e. The minimum Gasteiger partial charge on any atom is -0.465 e. The van der Waals surface area contributed by atoms with Crippen LogP contribution >= 0.6 is 11.3 Å². The quantitative estimate of drug-likeness (QED) is 0.555. The fourth-order valence-corrected chi connectivity index (χ4v) is 3.80. The van der Waals surface area contributed by atoms with Crippen LogP contribution in [0.4, 0.5) is 9.93 Å². The molecule has 0 atom stereocenters. The van der Waals surface area contributed by atoms with Gasteiger partial charge in [0.25, 0.3) is 0 Å². The molecular formula is C21H25N5O3S. The number of methoxy groups -OCH3 is 1. The van der Waals surface area contributed by atoms with E-state index in [1.807, 2.05) is 29.8 Å². The van der Waals surface area contributed by atoms with Crippen molar-refractivity contribution in [2.45, 2.75) is 33.2 Å². The highest BCUT2D eigenvalue weighted by Gasteiger charge is 2.13. The Balaban J connectivity index is 1.55. The molecule has 0 fully saturated rings. The number of anilines is 1. The van der Waals surface area contributed by atoms with Crippen LogP contribution in [0.1, 0.15) is 41.6 Å². The maximum absolute atomic E-state index is 12.2. The summed E-state index contributed by atoms with van der Waals surface area (Å²) in [6.07, 6.45) is 4.45. The number of amides is 2. The minimum atomic E-state index is -0.377. The van der Waals surface area contributed by atoms with E-state index >= 15 is 0 Å². The largest absolute Gasteiger partial charge is 0.465 e. The van der Waals surface area contributed by atoms with Crippen molar-refractivity contribution in [1.29, 1.82) is 0 Å². The standard InChI is InChI=1S/C21H25N5O3S/c1-13(2)26-11-17(23-12-26)9-10-22-20(28)25-21-24-14(3)18(30-21)15-5-7-16(8-6-15)19(27)29-4/h5-8,11-13H,9-10H2,1-4H3,(H2,22,24,25,28). The zero-order valence-corrected chi connectivity index (χ0v) is 18.2. The number of esters is 1. The Morgan fingerprint density at radius 2 is 1.97 bits per heavy atom. The van der Waals surface area contributed by atoms with Gasteiger partial charge in [0, 0.05) is 25.2 Å². The lowest BCUT2D eigenvalue weighted by molar-refractivity contribution is 0.0600. The van der Waals surface area contributed by atoms with Crippen LogP contribution in [-0.2, 0) is 11.2 Å². The SMILES string of the molecule is COC(=O)c1ccc(-c2sc(NC(=O)NCCc3cn(C(C)C)cn3)nc2C)cc1. The number of thiazole rings is 1. The minimum absolute atomic E-state index is 0.306. The summed E-state index contributed by atoms with van der Waals surface area (Å²) in [4.78, 5) is 33.5. The van der Waals surface area contributed by atoms with Crippen LogP contribution in [0.3, 0.4) is 0 Å². The van der Waals surface area contributed by atoms with E-state index in [1.165, 1.54) is 18.4 Å². The molecule has 2 heterocycles. The third-order valence-electron chi connectivity index (χ3n) is 4.50. The number of aryl methyl sites for hydroxylation is 1. The summed E-state index contributed by atoms with van der Waals surface area (Å²) in [6.45, 7) is 6.55. The third kappa shape index (κ3) is 5.24. The number of urea groups is 1. The van der Waals surface area contributed by atoms with Gasteiger partial charge in [0.2, 0.25) is 0 Å². The Hall–Kier alpha value is -3.20. The van der Waals surface area contributed by atoms with Crippen LogP contribution in [0.2, 0.25) is 0 Å². The van der Waals surface area contributed by atoms with E-state index in [9.17, 15) is 9.59 Å². The molecule has 1 aromatic carbocycles. The Kier molecular flexibility index (Phi) is 6.83. The van der Waals surface area contributed by atoms with Gasteiger partial charge in [-0.05, 0) is 38.5 Å². The van der Waals surface area contributed by atoms with Crippen LogP contribution in [0.25, 0.3) is 10.4 Å². The molecule has 0 aliphatic rings. The highest BCUT2D eigenvalue weighted by Crippen LogP contribution is 2.32. The number of carbonyl (C=O) groups is 2. The normalized spacial score (nSPS) is 10.8. The predicted octanol–water partition coefficient (Wildman–Crippen LogP) is 4.05. The zero-order valence-electron chi connectivity index (χ0n) is 17.4. The van der Waals surface area contributed by atoms with Crippen LogP contribution in [0, 0.1) is 6.92 Å². The monoisotopic (exact) mass is 427 g/mol. The van der Waals surface area contributed by atoms with Crippen molar-refractivity contribution in [3.63, 3.8) is 0 Å². The van der Waals surface area contributed by atoms with Crippen LogP contribution in [-0.4, -0.2) is 40.2 Å². The van der Waals surface area contributed by atoms with Crippen LogP contribution in [0.5, 0.6) is 0 Å². The second kappa shape index (κ2) is 9.53. The lowest BCUT2D eigenvalue weighted by atomic mass is 10.1. The Labute approximate surface area is 179 Å². The van der Waals surface area contributed by atoms with Gasteiger partial charge in [0.15, 0.2) is 5.13 Å². The highest BCUT2D eigenvalue weighted by atomic mass is 32.1. The number of hydrogen-bond donors (Lipinski definition) is 2. The van der Waals surface area contributed by atoms with Gasteiger partial charge < -0.3 is 14.6 Å². The number of hydrogen-bond acceptors (Lipinski definition) is 6. The molecule has 8 nitrogen and oxygen atoms in total. The van der Waals surface area contributed by atoms with Crippen molar-refractivity contribution >= 4 is 28.5 Å². The van der Waals surface area contributed by atoms with E-state index in [4.69, 9.17) is 4.74 Å². The third-order valence-corrected chi connectivity index (χ3v) is 5.63. The second-order valence-electron chi connectivity index (χ2n) is 7.04. The van der Waals surface area contributed by atoms with Gasteiger partial charge in [0.05, 0.1) is 35.3 Å². The molecule has 9 heteroatoms. The summed E-state index contributed by atoms with van der Waals surface area (Å²) in [6, 6.07) is 7.16. The van der Waals surface area contributed by atoms with Crippen molar-refractivity contribution in [3.8, 4) is 10.4 Å². The van der Waals surface area contributed by atoms with Crippen molar-refractivity contribution in [2.24, 2.45) is 0 Å². The molecule has 3 aromatic rings. The van der Waals surface area contributed by atoms with Crippen LogP contribution < -0.4 is 10.6 Å². The van der Waals surface area contributed by atoms with Gasteiger partial charge >= 0.3 is 12.0 Å². The molecule has 3 rings (SSSR count). The maximum atomic E-state index is 12.2. The van der Waals surface area contributed by atoms with E-state index in [-0.39, 0.29) is 12.0 Å². The first-order valence-corrected chi connectivity index (χ1v) is 10.4. The summed E-state index contributed by atoms with van der Waals surface area (Å²) in [5, 5.41) is 6.12. The molecule has 0 spiro atoms. The summed E-state index contributed by atoms with van der Waals surface area (Å²) in [5.74, 6) is -0.377. The number of benzene rings is 1. The first kappa shape index (κ1) is 21.5. The molecule has 0 aliphatic heterocycles. The van der Waals surface area contributed by atoms with Gasteiger partial charge in [-0.25, -0.2) is 19.6 Å². The predicted molar refractivity (Wildman–Crippen MR) is 117 cm³/mol. The summed E-state index contributed by atoms with van der Waals surface area (Å²) < 4.78 is 6.75. The molecule has 0 saturated carbocycles. The molecular weight excluding hydrogens is 402 g/mol. The fraction of sp³-hybridized carbons (Fsp3) is 0.333. The van der Waals surface area contributed by atoms with E-state index in [0.29, 0.717) is 29.7 Å². The molecule has 0 radical (unpaired) electrons.